The third-order valence-electron chi connectivity index (χ3n) is 2.85. The van der Waals surface area contributed by atoms with Crippen molar-refractivity contribution in [2.24, 2.45) is 0 Å². The van der Waals surface area contributed by atoms with Gasteiger partial charge in [-0.3, -0.25) is 4.79 Å². The van der Waals surface area contributed by atoms with E-state index in [0.717, 1.165) is 0 Å². The molecule has 0 spiro atoms. The summed E-state index contributed by atoms with van der Waals surface area (Å²) in [7, 11) is 4.45. The van der Waals surface area contributed by atoms with E-state index in [-0.39, 0.29) is 17.4 Å². The molecule has 4 nitrogen and oxygen atoms in total. The van der Waals surface area contributed by atoms with Crippen molar-refractivity contribution in [3.05, 3.63) is 29.1 Å². The molecule has 2 atom stereocenters. The number of ether oxygens (including phenoxy) is 3. The van der Waals surface area contributed by atoms with Gasteiger partial charge in [-0.25, -0.2) is 4.39 Å². The second kappa shape index (κ2) is 6.47. The lowest BCUT2D eigenvalue weighted by molar-refractivity contribution is -0.0287. The van der Waals surface area contributed by atoms with Crippen molar-refractivity contribution < 1.29 is 23.4 Å². The fourth-order valence-electron chi connectivity index (χ4n) is 1.85. The summed E-state index contributed by atoms with van der Waals surface area (Å²) < 4.78 is 29.1. The highest BCUT2D eigenvalue weighted by molar-refractivity contribution is 5.80. The van der Waals surface area contributed by atoms with Crippen LogP contribution in [0.2, 0.25) is 0 Å². The average molecular weight is 256 g/mol. The first kappa shape index (κ1) is 14.6. The Balaban J connectivity index is 3.34. The molecule has 18 heavy (non-hydrogen) atoms. The quantitative estimate of drug-likeness (QED) is 0.733. The highest BCUT2D eigenvalue weighted by Gasteiger charge is 2.25. The van der Waals surface area contributed by atoms with Gasteiger partial charge in [0.25, 0.3) is 0 Å². The van der Waals surface area contributed by atoms with Gasteiger partial charge in [0.1, 0.15) is 17.7 Å². The molecule has 0 saturated heterocycles. The summed E-state index contributed by atoms with van der Waals surface area (Å²) in [5, 5.41) is 0. The van der Waals surface area contributed by atoms with Crippen molar-refractivity contribution in [2.75, 3.05) is 21.3 Å². The smallest absolute Gasteiger partial charge is 0.156 e. The van der Waals surface area contributed by atoms with E-state index in [2.05, 4.69) is 0 Å². The number of hydrogen-bond acceptors (Lipinski definition) is 4. The van der Waals surface area contributed by atoms with E-state index in [0.29, 0.717) is 11.8 Å². The normalized spacial score (nSPS) is 14.1. The zero-order valence-electron chi connectivity index (χ0n) is 10.9. The molecular weight excluding hydrogens is 239 g/mol. The van der Waals surface area contributed by atoms with Crippen LogP contribution in [0.4, 0.5) is 4.39 Å². The maximum absolute atomic E-state index is 13.5. The van der Waals surface area contributed by atoms with Gasteiger partial charge in [0.2, 0.25) is 0 Å². The van der Waals surface area contributed by atoms with Crippen LogP contribution < -0.4 is 4.74 Å². The van der Waals surface area contributed by atoms with Crippen molar-refractivity contribution in [1.29, 1.82) is 0 Å². The first-order chi connectivity index (χ1) is 8.60. The van der Waals surface area contributed by atoms with Gasteiger partial charge in [-0.1, -0.05) is 0 Å². The molecule has 0 bridgehead atoms. The Morgan fingerprint density at radius 2 is 1.89 bits per heavy atom. The van der Waals surface area contributed by atoms with Crippen LogP contribution in [-0.4, -0.2) is 33.7 Å². The number of rotatable bonds is 6. The maximum Gasteiger partial charge on any atom is 0.156 e. The van der Waals surface area contributed by atoms with Crippen molar-refractivity contribution in [3.63, 3.8) is 0 Å². The molecule has 0 heterocycles. The van der Waals surface area contributed by atoms with E-state index < -0.39 is 11.9 Å². The molecule has 1 aromatic carbocycles. The third-order valence-corrected chi connectivity index (χ3v) is 2.85. The standard InChI is InChI=1S/C13H17FO4/c1-8(16-2)12(17-3)9-5-6-11(14)10(7-15)13(9)18-4/h5-8,12H,1-4H3. The molecule has 0 aliphatic rings. The molecule has 0 aliphatic heterocycles. The second-order valence-corrected chi connectivity index (χ2v) is 3.80. The van der Waals surface area contributed by atoms with Gasteiger partial charge in [-0.05, 0) is 19.1 Å². The monoisotopic (exact) mass is 256 g/mol. The zero-order valence-corrected chi connectivity index (χ0v) is 10.9. The number of halogens is 1. The Morgan fingerprint density at radius 3 is 2.33 bits per heavy atom. The van der Waals surface area contributed by atoms with E-state index in [1.54, 1.807) is 7.11 Å². The third kappa shape index (κ3) is 2.68. The van der Waals surface area contributed by atoms with Crippen LogP contribution in [0.25, 0.3) is 0 Å². The van der Waals surface area contributed by atoms with Gasteiger partial charge in [-0.15, -0.1) is 0 Å². The molecule has 0 fully saturated rings. The maximum atomic E-state index is 13.5. The molecule has 2 unspecified atom stereocenters. The number of methoxy groups -OCH3 is 3. The minimum atomic E-state index is -0.620. The van der Waals surface area contributed by atoms with E-state index in [4.69, 9.17) is 14.2 Å². The summed E-state index contributed by atoms with van der Waals surface area (Å²) in [6.07, 6.45) is -0.264. The Kier molecular flexibility index (Phi) is 5.25. The van der Waals surface area contributed by atoms with Crippen molar-refractivity contribution in [1.82, 2.24) is 0 Å². The average Bonchev–Trinajstić information content (AvgIpc) is 2.40. The lowest BCUT2D eigenvalue weighted by Gasteiger charge is -2.24. The van der Waals surface area contributed by atoms with Crippen LogP contribution in [0.3, 0.4) is 0 Å². The fourth-order valence-corrected chi connectivity index (χ4v) is 1.85. The lowest BCUT2D eigenvalue weighted by Crippen LogP contribution is -2.20. The highest BCUT2D eigenvalue weighted by Crippen LogP contribution is 2.34. The van der Waals surface area contributed by atoms with Gasteiger partial charge in [0.15, 0.2) is 6.29 Å². The molecule has 0 saturated carbocycles. The molecule has 0 N–H and O–H groups in total. The summed E-state index contributed by atoms with van der Waals surface area (Å²) in [5.41, 5.74) is 0.471. The largest absolute Gasteiger partial charge is 0.496 e. The van der Waals surface area contributed by atoms with E-state index in [1.165, 1.54) is 26.4 Å². The van der Waals surface area contributed by atoms with E-state index in [1.807, 2.05) is 6.92 Å². The topological polar surface area (TPSA) is 44.8 Å². The SMILES string of the molecule is COc1c(C(OC)C(C)OC)ccc(F)c1C=O. The number of carbonyl (C=O) groups excluding carboxylic acids is 1. The van der Waals surface area contributed by atoms with Crippen LogP contribution in [0.5, 0.6) is 5.75 Å². The summed E-state index contributed by atoms with van der Waals surface area (Å²) in [6.45, 7) is 1.82. The molecular formula is C13H17FO4. The lowest BCUT2D eigenvalue weighted by atomic mass is 10.0. The molecule has 1 rings (SSSR count). The van der Waals surface area contributed by atoms with Crippen LogP contribution in [-0.2, 0) is 9.47 Å². The first-order valence-corrected chi connectivity index (χ1v) is 5.47. The van der Waals surface area contributed by atoms with Gasteiger partial charge in [0.05, 0.1) is 18.8 Å². The second-order valence-electron chi connectivity index (χ2n) is 3.80. The summed E-state index contributed by atoms with van der Waals surface area (Å²) in [6, 6.07) is 2.75. The molecule has 0 aliphatic carbocycles. The summed E-state index contributed by atoms with van der Waals surface area (Å²) in [5.74, 6) is -0.439. The van der Waals surface area contributed by atoms with Gasteiger partial charge < -0.3 is 14.2 Å². The minimum Gasteiger partial charge on any atom is -0.496 e. The number of benzene rings is 1. The van der Waals surface area contributed by atoms with Crippen molar-refractivity contribution in [2.45, 2.75) is 19.1 Å². The summed E-state index contributed by atoms with van der Waals surface area (Å²) >= 11 is 0. The molecule has 0 aromatic heterocycles. The molecule has 100 valence electrons. The molecule has 1 aromatic rings. The predicted octanol–water partition coefficient (Wildman–Crippen LogP) is 2.37. The molecule has 0 radical (unpaired) electrons. The van der Waals surface area contributed by atoms with Crippen LogP contribution >= 0.6 is 0 Å². The Labute approximate surface area is 106 Å². The summed E-state index contributed by atoms with van der Waals surface area (Å²) in [4.78, 5) is 10.9. The zero-order chi connectivity index (χ0) is 13.7. The van der Waals surface area contributed by atoms with Crippen LogP contribution in [0.1, 0.15) is 28.9 Å². The van der Waals surface area contributed by atoms with Gasteiger partial charge in [0, 0.05) is 19.8 Å². The van der Waals surface area contributed by atoms with Gasteiger partial charge in [-0.2, -0.15) is 0 Å². The Bertz CT molecular complexity index is 420. The molecule has 0 amide bonds. The number of carbonyl (C=O) groups is 1. The van der Waals surface area contributed by atoms with Crippen molar-refractivity contribution >= 4 is 6.29 Å². The first-order valence-electron chi connectivity index (χ1n) is 5.47. The highest BCUT2D eigenvalue weighted by atomic mass is 19.1. The van der Waals surface area contributed by atoms with Crippen LogP contribution in [0.15, 0.2) is 12.1 Å². The Morgan fingerprint density at radius 1 is 1.22 bits per heavy atom. The van der Waals surface area contributed by atoms with Crippen molar-refractivity contribution in [3.8, 4) is 5.75 Å². The number of aldehydes is 1. The van der Waals surface area contributed by atoms with E-state index >= 15 is 0 Å². The minimum absolute atomic E-state index is 0.111. The number of hydrogen-bond donors (Lipinski definition) is 0. The fraction of sp³-hybridized carbons (Fsp3) is 0.462. The molecule has 5 heteroatoms. The van der Waals surface area contributed by atoms with Gasteiger partial charge >= 0.3 is 0 Å². The van der Waals surface area contributed by atoms with Crippen LogP contribution in [0, 0.1) is 5.82 Å². The predicted molar refractivity (Wildman–Crippen MR) is 64.6 cm³/mol. The van der Waals surface area contributed by atoms with E-state index in [9.17, 15) is 9.18 Å². The Hall–Kier alpha value is -1.46.